The lowest BCUT2D eigenvalue weighted by atomic mass is 9.95. The number of carbonyl (C=O) groups is 2. The van der Waals surface area contributed by atoms with Crippen molar-refractivity contribution < 1.29 is 18.0 Å². The molecule has 1 unspecified atom stereocenters. The minimum atomic E-state index is -4.23. The number of benzene rings is 3. The average Bonchev–Trinajstić information content (AvgIpc) is 2.84. The van der Waals surface area contributed by atoms with Gasteiger partial charge in [0.25, 0.3) is 0 Å². The van der Waals surface area contributed by atoms with Gasteiger partial charge >= 0.3 is 0 Å². The Morgan fingerprint density at radius 3 is 2.38 bits per heavy atom. The highest BCUT2D eigenvalue weighted by atomic mass is 79.9. The van der Waals surface area contributed by atoms with Gasteiger partial charge in [0.2, 0.25) is 21.8 Å². The molecule has 7 nitrogen and oxygen atoms in total. The first-order chi connectivity index (χ1) is 17.6. The molecule has 4 rings (SSSR count). The van der Waals surface area contributed by atoms with E-state index in [1.54, 1.807) is 12.1 Å². The third kappa shape index (κ3) is 6.18. The second-order valence-corrected chi connectivity index (χ2v) is 12.2. The normalized spacial score (nSPS) is 15.6. The largest absolute Gasteiger partial charge is 0.354 e. The average molecular weight is 625 g/mol. The van der Waals surface area contributed by atoms with Crippen LogP contribution in [0.15, 0.2) is 70.0 Å². The molecule has 3 aromatic rings. The van der Waals surface area contributed by atoms with Crippen LogP contribution in [0.1, 0.15) is 23.1 Å². The van der Waals surface area contributed by atoms with Gasteiger partial charge < -0.3 is 10.6 Å². The molecule has 37 heavy (non-hydrogen) atoms. The smallest absolute Gasteiger partial charge is 0.247 e. The third-order valence-corrected chi connectivity index (χ3v) is 9.41. The van der Waals surface area contributed by atoms with Crippen molar-refractivity contribution in [1.29, 1.82) is 0 Å². The summed E-state index contributed by atoms with van der Waals surface area (Å²) in [6, 6.07) is 16.3. The lowest BCUT2D eigenvalue weighted by Gasteiger charge is -2.35. The Morgan fingerprint density at radius 2 is 1.70 bits per heavy atom. The van der Waals surface area contributed by atoms with Crippen molar-refractivity contribution in [3.63, 3.8) is 0 Å². The third-order valence-electron chi connectivity index (χ3n) is 6.11. The van der Waals surface area contributed by atoms with E-state index >= 15 is 0 Å². The van der Waals surface area contributed by atoms with E-state index in [0.29, 0.717) is 5.69 Å². The summed E-state index contributed by atoms with van der Waals surface area (Å²) in [6.07, 6.45) is 0.196. The summed E-state index contributed by atoms with van der Waals surface area (Å²) >= 11 is 15.8. The molecule has 1 heterocycles. The van der Waals surface area contributed by atoms with Crippen molar-refractivity contribution in [2.45, 2.75) is 37.2 Å². The van der Waals surface area contributed by atoms with Crippen molar-refractivity contribution >= 4 is 66.7 Å². The molecule has 194 valence electrons. The summed E-state index contributed by atoms with van der Waals surface area (Å²) in [4.78, 5) is 25.5. The molecule has 0 fully saturated rings. The minimum absolute atomic E-state index is 0.0124. The van der Waals surface area contributed by atoms with Crippen molar-refractivity contribution in [3.05, 3.63) is 91.9 Å². The number of fused-ring (bicyclic) bond motifs is 1. The maximum Gasteiger partial charge on any atom is 0.247 e. The fourth-order valence-electron chi connectivity index (χ4n) is 4.22. The van der Waals surface area contributed by atoms with Crippen molar-refractivity contribution in [3.8, 4) is 0 Å². The highest BCUT2D eigenvalue weighted by molar-refractivity contribution is 9.10. The molecule has 2 amide bonds. The molecule has 11 heteroatoms. The molecule has 0 aliphatic carbocycles. The zero-order chi connectivity index (χ0) is 26.7. The first-order valence-corrected chi connectivity index (χ1v) is 14.4. The van der Waals surface area contributed by atoms with Crippen LogP contribution in [0.3, 0.4) is 0 Å². The molecule has 1 aliphatic heterocycles. The summed E-state index contributed by atoms with van der Waals surface area (Å²) in [5, 5.41) is 5.51. The van der Waals surface area contributed by atoms with Crippen LogP contribution in [0.25, 0.3) is 0 Å². The van der Waals surface area contributed by atoms with Crippen LogP contribution < -0.4 is 10.6 Å². The molecule has 0 aromatic heterocycles. The SMILES string of the molecule is Cc1cc(Br)ccc1NC(=O)CCNC(=O)C1Cc2ccccc2CN1S(=O)(=O)c1c(Cl)cccc1Cl. The quantitative estimate of drug-likeness (QED) is 0.372. The lowest BCUT2D eigenvalue weighted by Crippen LogP contribution is -2.52. The van der Waals surface area contributed by atoms with Gasteiger partial charge in [-0.3, -0.25) is 9.59 Å². The van der Waals surface area contributed by atoms with E-state index < -0.39 is 22.0 Å². The van der Waals surface area contributed by atoms with Gasteiger partial charge in [0, 0.05) is 29.7 Å². The second kappa shape index (κ2) is 11.5. The number of hydrogen-bond acceptors (Lipinski definition) is 4. The fraction of sp³-hybridized carbons (Fsp3) is 0.231. The molecular weight excluding hydrogens is 601 g/mol. The molecule has 0 radical (unpaired) electrons. The van der Waals surface area contributed by atoms with E-state index in [-0.39, 0.29) is 46.8 Å². The van der Waals surface area contributed by atoms with Crippen LogP contribution in [0.5, 0.6) is 0 Å². The van der Waals surface area contributed by atoms with Crippen LogP contribution in [0.2, 0.25) is 10.0 Å². The van der Waals surface area contributed by atoms with Crippen LogP contribution in [0.4, 0.5) is 5.69 Å². The van der Waals surface area contributed by atoms with Gasteiger partial charge in [-0.15, -0.1) is 0 Å². The Bertz CT molecular complexity index is 1450. The van der Waals surface area contributed by atoms with E-state index in [1.807, 2.05) is 43.3 Å². The van der Waals surface area contributed by atoms with E-state index in [2.05, 4.69) is 26.6 Å². The van der Waals surface area contributed by atoms with Gasteiger partial charge in [-0.05, 0) is 60.4 Å². The molecule has 0 spiro atoms. The number of anilines is 1. The number of carbonyl (C=O) groups excluding carboxylic acids is 2. The summed E-state index contributed by atoms with van der Waals surface area (Å²) < 4.78 is 29.4. The van der Waals surface area contributed by atoms with Crippen LogP contribution in [-0.4, -0.2) is 37.1 Å². The molecule has 3 aromatic carbocycles. The Balaban J connectivity index is 1.51. The zero-order valence-electron chi connectivity index (χ0n) is 19.8. The number of rotatable bonds is 7. The fourth-order valence-corrected chi connectivity index (χ4v) is 7.35. The molecule has 0 saturated heterocycles. The van der Waals surface area contributed by atoms with E-state index in [1.165, 1.54) is 12.1 Å². The maximum atomic E-state index is 13.7. The van der Waals surface area contributed by atoms with Crippen molar-refractivity contribution in [1.82, 2.24) is 9.62 Å². The first-order valence-electron chi connectivity index (χ1n) is 11.4. The first kappa shape index (κ1) is 27.6. The number of nitrogens with one attached hydrogen (secondary N) is 2. The van der Waals surface area contributed by atoms with Gasteiger partial charge in [-0.2, -0.15) is 4.31 Å². The van der Waals surface area contributed by atoms with Crippen LogP contribution in [-0.2, 0) is 32.6 Å². The zero-order valence-corrected chi connectivity index (χ0v) is 23.7. The van der Waals surface area contributed by atoms with Gasteiger partial charge in [0.05, 0.1) is 10.0 Å². The minimum Gasteiger partial charge on any atom is -0.354 e. The molecule has 0 bridgehead atoms. The van der Waals surface area contributed by atoms with Crippen molar-refractivity contribution in [2.75, 3.05) is 11.9 Å². The number of aryl methyl sites for hydroxylation is 1. The Morgan fingerprint density at radius 1 is 1.03 bits per heavy atom. The lowest BCUT2D eigenvalue weighted by molar-refractivity contribution is -0.125. The molecule has 0 saturated carbocycles. The highest BCUT2D eigenvalue weighted by Gasteiger charge is 2.41. The Labute approximate surface area is 234 Å². The topological polar surface area (TPSA) is 95.6 Å². The van der Waals surface area contributed by atoms with Crippen LogP contribution in [0, 0.1) is 6.92 Å². The number of hydrogen-bond donors (Lipinski definition) is 2. The van der Waals surface area contributed by atoms with Gasteiger partial charge in [-0.25, -0.2) is 8.42 Å². The second-order valence-electron chi connectivity index (χ2n) is 8.64. The molecule has 2 N–H and O–H groups in total. The Kier molecular flexibility index (Phi) is 8.60. The Hall–Kier alpha value is -2.43. The van der Waals surface area contributed by atoms with Gasteiger partial charge in [0.15, 0.2) is 0 Å². The number of amides is 2. The van der Waals surface area contributed by atoms with Crippen molar-refractivity contribution in [2.24, 2.45) is 0 Å². The predicted molar refractivity (Wildman–Crippen MR) is 148 cm³/mol. The van der Waals surface area contributed by atoms with Gasteiger partial charge in [-0.1, -0.05) is 69.5 Å². The van der Waals surface area contributed by atoms with E-state index in [9.17, 15) is 18.0 Å². The summed E-state index contributed by atoms with van der Waals surface area (Å²) in [5.41, 5.74) is 3.24. The number of halogens is 3. The molecule has 1 atom stereocenters. The molecule has 1 aliphatic rings. The number of sulfonamides is 1. The summed E-state index contributed by atoms with van der Waals surface area (Å²) in [6.45, 7) is 1.91. The van der Waals surface area contributed by atoms with Crippen LogP contribution >= 0.6 is 39.1 Å². The monoisotopic (exact) mass is 623 g/mol. The summed E-state index contributed by atoms with van der Waals surface area (Å²) in [5.74, 6) is -0.777. The van der Waals surface area contributed by atoms with Gasteiger partial charge in [0.1, 0.15) is 10.9 Å². The highest BCUT2D eigenvalue weighted by Crippen LogP contribution is 2.35. The van der Waals surface area contributed by atoms with E-state index in [4.69, 9.17) is 23.2 Å². The maximum absolute atomic E-state index is 13.7. The number of nitrogens with zero attached hydrogens (tertiary/aromatic N) is 1. The van der Waals surface area contributed by atoms with E-state index in [0.717, 1.165) is 25.5 Å². The standard InChI is InChI=1S/C26H24BrCl2N3O4S/c1-16-13-19(27)9-10-22(16)31-24(33)11-12-30-26(34)23-14-17-5-2-3-6-18(17)15-32(23)37(35,36)25-20(28)7-4-8-21(25)29/h2-10,13,23H,11-12,14-15H2,1H3,(H,30,34)(H,31,33). The predicted octanol–water partition coefficient (Wildman–Crippen LogP) is 5.32. The molecular formula is C26H24BrCl2N3O4S. The summed E-state index contributed by atoms with van der Waals surface area (Å²) in [7, 11) is -4.23.